The summed E-state index contributed by atoms with van der Waals surface area (Å²) in [4.78, 5) is 21.1. The van der Waals surface area contributed by atoms with Crippen molar-refractivity contribution in [2.24, 2.45) is 9.98 Å². The number of hydrogen-bond acceptors (Lipinski definition) is 7. The normalized spacial score (nSPS) is 15.3. The highest BCUT2D eigenvalue weighted by Gasteiger charge is 2.34. The fraction of sp³-hybridized carbons (Fsp3) is 0.348. The molecule has 10 heteroatoms. The van der Waals surface area contributed by atoms with Gasteiger partial charge < -0.3 is 14.8 Å². The van der Waals surface area contributed by atoms with Crippen LogP contribution >= 0.6 is 11.6 Å². The van der Waals surface area contributed by atoms with Gasteiger partial charge in [0.2, 0.25) is 0 Å². The Morgan fingerprint density at radius 1 is 1.27 bits per heavy atom. The lowest BCUT2D eigenvalue weighted by Crippen LogP contribution is -2.31. The van der Waals surface area contributed by atoms with Gasteiger partial charge in [-0.2, -0.15) is 0 Å². The lowest BCUT2D eigenvalue weighted by atomic mass is 9.99. The third kappa shape index (κ3) is 5.91. The van der Waals surface area contributed by atoms with Crippen molar-refractivity contribution in [2.45, 2.75) is 37.7 Å². The highest BCUT2D eigenvalue weighted by atomic mass is 35.5. The molecule has 0 aromatic heterocycles. The smallest absolute Gasteiger partial charge is 0.257 e. The molecule has 0 fully saturated rings. The third-order valence-corrected chi connectivity index (χ3v) is 6.25. The number of ether oxygens (including phenoxy) is 2. The van der Waals surface area contributed by atoms with Gasteiger partial charge in [-0.3, -0.25) is 14.8 Å². The van der Waals surface area contributed by atoms with Crippen molar-refractivity contribution in [1.82, 2.24) is 5.32 Å². The van der Waals surface area contributed by atoms with Gasteiger partial charge in [-0.05, 0) is 51.1 Å². The van der Waals surface area contributed by atoms with Crippen LogP contribution in [0.25, 0.3) is 0 Å². The molecule has 33 heavy (non-hydrogen) atoms. The van der Waals surface area contributed by atoms with E-state index in [1.165, 1.54) is 24.4 Å². The van der Waals surface area contributed by atoms with Crippen LogP contribution in [0.3, 0.4) is 0 Å². The average molecular weight is 492 g/mol. The Labute approximate surface area is 198 Å². The molecule has 0 saturated carbocycles. The van der Waals surface area contributed by atoms with Gasteiger partial charge in [0.05, 0.1) is 16.1 Å². The molecule has 8 nitrogen and oxygen atoms in total. The van der Waals surface area contributed by atoms with E-state index in [0.717, 1.165) is 11.8 Å². The Hall–Kier alpha value is -2.91. The van der Waals surface area contributed by atoms with Crippen molar-refractivity contribution in [3.8, 4) is 17.2 Å². The molecular formula is C23H26ClN3O5S. The van der Waals surface area contributed by atoms with Crippen LogP contribution in [-0.2, 0) is 16.3 Å². The first-order valence-corrected chi connectivity index (χ1v) is 12.5. The largest absolute Gasteiger partial charge is 0.487 e. The van der Waals surface area contributed by atoms with Crippen LogP contribution in [0.5, 0.6) is 17.2 Å². The zero-order valence-corrected chi connectivity index (χ0v) is 20.7. The van der Waals surface area contributed by atoms with Gasteiger partial charge in [0.1, 0.15) is 28.7 Å². The number of fused-ring (bicyclic) bond motifs is 1. The highest BCUT2D eigenvalue weighted by molar-refractivity contribution is 7.90. The fourth-order valence-corrected chi connectivity index (χ4v) is 4.22. The Kier molecular flexibility index (Phi) is 7.14. The van der Waals surface area contributed by atoms with Gasteiger partial charge in [-0.25, -0.2) is 8.42 Å². The van der Waals surface area contributed by atoms with E-state index in [9.17, 15) is 13.2 Å². The Balaban J connectivity index is 1.99. The van der Waals surface area contributed by atoms with E-state index in [2.05, 4.69) is 15.3 Å². The minimum Gasteiger partial charge on any atom is -0.487 e. The molecular weight excluding hydrogens is 466 g/mol. The minimum absolute atomic E-state index is 0.0859. The number of rotatable bonds is 6. The van der Waals surface area contributed by atoms with Crippen LogP contribution in [-0.4, -0.2) is 51.8 Å². The second kappa shape index (κ2) is 9.52. The quantitative estimate of drug-likeness (QED) is 0.483. The maximum Gasteiger partial charge on any atom is 0.257 e. The predicted molar refractivity (Wildman–Crippen MR) is 129 cm³/mol. The van der Waals surface area contributed by atoms with Crippen molar-refractivity contribution >= 4 is 39.4 Å². The molecule has 2 aromatic rings. The molecule has 0 radical (unpaired) electrons. The standard InChI is InChI=1S/C23H26ClN3O5S/c1-6-26-13-21(25-4)27-22(28)14-9-19(16-12-23(2,3)32-20(16)10-14)31-18-8-7-15(11-17(18)24)33(5,29)30/h7-11,13H,6,12H2,1-5H3,(H,25,27,28)/b26-13-. The number of hydrogen-bond donors (Lipinski definition) is 1. The molecule has 1 amide bonds. The first-order chi connectivity index (χ1) is 15.4. The molecule has 2 aromatic carbocycles. The molecule has 1 aliphatic rings. The minimum atomic E-state index is -3.41. The number of sulfone groups is 1. The Bertz CT molecular complexity index is 1250. The number of nitrogens with one attached hydrogen (secondary N) is 1. The Morgan fingerprint density at radius 2 is 2.00 bits per heavy atom. The van der Waals surface area contributed by atoms with Gasteiger partial charge in [0.15, 0.2) is 9.84 Å². The molecule has 0 aliphatic carbocycles. The lowest BCUT2D eigenvalue weighted by Gasteiger charge is -2.16. The highest BCUT2D eigenvalue weighted by Crippen LogP contribution is 2.44. The van der Waals surface area contributed by atoms with Crippen LogP contribution in [0.2, 0.25) is 5.02 Å². The number of benzene rings is 2. The zero-order valence-electron chi connectivity index (χ0n) is 19.1. The number of halogens is 1. The van der Waals surface area contributed by atoms with Gasteiger partial charge in [0, 0.05) is 37.4 Å². The number of amidine groups is 1. The second-order valence-corrected chi connectivity index (χ2v) is 10.6. The van der Waals surface area contributed by atoms with E-state index in [0.29, 0.717) is 35.9 Å². The van der Waals surface area contributed by atoms with E-state index in [4.69, 9.17) is 21.1 Å². The number of amides is 1. The van der Waals surface area contributed by atoms with Crippen LogP contribution in [0.4, 0.5) is 0 Å². The van der Waals surface area contributed by atoms with E-state index in [1.807, 2.05) is 20.8 Å². The topological polar surface area (TPSA) is 106 Å². The summed E-state index contributed by atoms with van der Waals surface area (Å²) in [5, 5.41) is 2.85. The number of nitrogens with zero attached hydrogens (tertiary/aromatic N) is 2. The van der Waals surface area contributed by atoms with Gasteiger partial charge >= 0.3 is 0 Å². The fourth-order valence-electron chi connectivity index (χ4n) is 3.29. The zero-order chi connectivity index (χ0) is 24.4. The summed E-state index contributed by atoms with van der Waals surface area (Å²) in [5.41, 5.74) is 0.608. The molecule has 3 rings (SSSR count). The summed E-state index contributed by atoms with van der Waals surface area (Å²) < 4.78 is 35.7. The molecule has 0 saturated heterocycles. The SMILES string of the molecule is CC/N=C\C(=N/C)NC(=O)c1cc(Oc2ccc(S(C)(=O)=O)cc2Cl)c2c(c1)OC(C)(C)C2. The van der Waals surface area contributed by atoms with E-state index < -0.39 is 21.3 Å². The van der Waals surface area contributed by atoms with Gasteiger partial charge in [0.25, 0.3) is 5.91 Å². The first-order valence-electron chi connectivity index (χ1n) is 10.2. The van der Waals surface area contributed by atoms with Gasteiger partial charge in [-0.15, -0.1) is 0 Å². The summed E-state index contributed by atoms with van der Waals surface area (Å²) in [7, 11) is -1.86. The molecule has 0 unspecified atom stereocenters. The monoisotopic (exact) mass is 491 g/mol. The van der Waals surface area contributed by atoms with Crippen molar-refractivity contribution in [1.29, 1.82) is 0 Å². The number of aliphatic imine (C=N–C) groups is 2. The molecule has 0 bridgehead atoms. The summed E-state index contributed by atoms with van der Waals surface area (Å²) in [6, 6.07) is 7.50. The second-order valence-electron chi connectivity index (χ2n) is 8.15. The van der Waals surface area contributed by atoms with Gasteiger partial charge in [-0.1, -0.05) is 11.6 Å². The first kappa shape index (κ1) is 24.7. The summed E-state index contributed by atoms with van der Waals surface area (Å²) in [6.45, 7) is 6.32. The van der Waals surface area contributed by atoms with Crippen molar-refractivity contribution in [2.75, 3.05) is 19.8 Å². The Morgan fingerprint density at radius 3 is 2.61 bits per heavy atom. The molecule has 1 heterocycles. The number of carbonyl (C=O) groups excluding carboxylic acids is 1. The molecule has 1 aliphatic heterocycles. The molecule has 0 spiro atoms. The maximum atomic E-state index is 12.9. The summed E-state index contributed by atoms with van der Waals surface area (Å²) in [5.74, 6) is 1.11. The molecule has 1 N–H and O–H groups in total. The van der Waals surface area contributed by atoms with Crippen molar-refractivity contribution < 1.29 is 22.7 Å². The van der Waals surface area contributed by atoms with Crippen LogP contribution in [0.15, 0.2) is 45.2 Å². The lowest BCUT2D eigenvalue weighted by molar-refractivity contribution is 0.0975. The van der Waals surface area contributed by atoms with E-state index in [-0.39, 0.29) is 15.7 Å². The van der Waals surface area contributed by atoms with Crippen molar-refractivity contribution in [3.63, 3.8) is 0 Å². The van der Waals surface area contributed by atoms with Crippen molar-refractivity contribution in [3.05, 3.63) is 46.5 Å². The van der Waals surface area contributed by atoms with E-state index in [1.54, 1.807) is 19.2 Å². The third-order valence-electron chi connectivity index (χ3n) is 4.85. The predicted octanol–water partition coefficient (Wildman–Crippen LogP) is 4.10. The van der Waals surface area contributed by atoms with Crippen LogP contribution in [0.1, 0.15) is 36.7 Å². The summed E-state index contributed by atoms with van der Waals surface area (Å²) in [6.07, 6.45) is 3.15. The van der Waals surface area contributed by atoms with Crippen LogP contribution < -0.4 is 14.8 Å². The average Bonchev–Trinajstić information content (AvgIpc) is 3.05. The molecule has 176 valence electrons. The number of carbonyl (C=O) groups is 1. The van der Waals surface area contributed by atoms with E-state index >= 15 is 0 Å². The summed E-state index contributed by atoms with van der Waals surface area (Å²) >= 11 is 6.30. The maximum absolute atomic E-state index is 12.9. The molecule has 0 atom stereocenters. The van der Waals surface area contributed by atoms with Crippen LogP contribution in [0, 0.1) is 0 Å².